The van der Waals surface area contributed by atoms with E-state index >= 15 is 0 Å². The molecule has 7 heteroatoms. The molecule has 0 heterocycles. The lowest BCUT2D eigenvalue weighted by Crippen LogP contribution is -2.32. The Labute approximate surface area is 150 Å². The van der Waals surface area contributed by atoms with Gasteiger partial charge in [-0.05, 0) is 35.9 Å². The molecule has 26 heavy (non-hydrogen) atoms. The smallest absolute Gasteiger partial charge is 0.312 e. The molecule has 2 N–H and O–H groups in total. The van der Waals surface area contributed by atoms with Crippen LogP contribution in [0.4, 0.5) is 4.39 Å². The molecule has 2 rings (SSSR count). The van der Waals surface area contributed by atoms with Gasteiger partial charge in [0.05, 0.1) is 26.6 Å². The minimum absolute atomic E-state index is 0.0100. The first-order valence-electron chi connectivity index (χ1n) is 7.90. The zero-order valence-corrected chi connectivity index (χ0v) is 14.5. The van der Waals surface area contributed by atoms with Gasteiger partial charge in [-0.3, -0.25) is 9.59 Å². The Morgan fingerprint density at radius 3 is 2.38 bits per heavy atom. The Kier molecular flexibility index (Phi) is 6.54. The highest BCUT2D eigenvalue weighted by Gasteiger charge is 2.21. The SMILES string of the molecule is COc1ccc(OC)c(CC(=O)NCC(C(=O)O)c2ccc(F)cc2)c1. The van der Waals surface area contributed by atoms with Crippen LogP contribution in [0.1, 0.15) is 17.0 Å². The molecule has 0 aliphatic heterocycles. The Bertz CT molecular complexity index is 776. The van der Waals surface area contributed by atoms with Gasteiger partial charge in [0.1, 0.15) is 17.3 Å². The summed E-state index contributed by atoms with van der Waals surface area (Å²) in [6.45, 7) is -0.105. The summed E-state index contributed by atoms with van der Waals surface area (Å²) in [6.07, 6.45) is 0.0100. The lowest BCUT2D eigenvalue weighted by molar-refractivity contribution is -0.138. The Morgan fingerprint density at radius 2 is 1.81 bits per heavy atom. The van der Waals surface area contributed by atoms with Crippen LogP contribution in [0.2, 0.25) is 0 Å². The molecule has 0 bridgehead atoms. The summed E-state index contributed by atoms with van der Waals surface area (Å²) in [7, 11) is 3.02. The molecule has 0 radical (unpaired) electrons. The lowest BCUT2D eigenvalue weighted by atomic mass is 9.99. The van der Waals surface area contributed by atoms with Gasteiger partial charge in [-0.25, -0.2) is 4.39 Å². The maximum absolute atomic E-state index is 13.0. The number of hydrogen-bond acceptors (Lipinski definition) is 4. The van der Waals surface area contributed by atoms with Gasteiger partial charge in [0, 0.05) is 12.1 Å². The summed E-state index contributed by atoms with van der Waals surface area (Å²) in [5, 5.41) is 12.0. The Morgan fingerprint density at radius 1 is 1.12 bits per heavy atom. The summed E-state index contributed by atoms with van der Waals surface area (Å²) < 4.78 is 23.4. The minimum Gasteiger partial charge on any atom is -0.497 e. The van der Waals surface area contributed by atoms with E-state index in [4.69, 9.17) is 9.47 Å². The van der Waals surface area contributed by atoms with E-state index in [-0.39, 0.29) is 18.9 Å². The third kappa shape index (κ3) is 4.95. The highest BCUT2D eigenvalue weighted by molar-refractivity contribution is 5.81. The predicted molar refractivity (Wildman–Crippen MR) is 93.0 cm³/mol. The number of halogens is 1. The normalized spacial score (nSPS) is 11.5. The van der Waals surface area contributed by atoms with E-state index < -0.39 is 17.7 Å². The second-order valence-electron chi connectivity index (χ2n) is 5.60. The van der Waals surface area contributed by atoms with Crippen molar-refractivity contribution in [1.29, 1.82) is 0 Å². The molecule has 0 spiro atoms. The van der Waals surface area contributed by atoms with Gasteiger partial charge in [0.15, 0.2) is 0 Å². The van der Waals surface area contributed by atoms with E-state index in [0.29, 0.717) is 22.6 Å². The van der Waals surface area contributed by atoms with Crippen LogP contribution in [0, 0.1) is 5.82 Å². The maximum atomic E-state index is 13.0. The van der Waals surface area contributed by atoms with Gasteiger partial charge in [-0.2, -0.15) is 0 Å². The van der Waals surface area contributed by atoms with Crippen LogP contribution >= 0.6 is 0 Å². The fraction of sp³-hybridized carbons (Fsp3) is 0.263. The van der Waals surface area contributed by atoms with Crippen molar-refractivity contribution in [3.63, 3.8) is 0 Å². The zero-order chi connectivity index (χ0) is 19.1. The number of hydrogen-bond donors (Lipinski definition) is 2. The molecule has 138 valence electrons. The number of carbonyl (C=O) groups is 2. The van der Waals surface area contributed by atoms with Crippen LogP contribution in [0.5, 0.6) is 11.5 Å². The van der Waals surface area contributed by atoms with Crippen LogP contribution in [0.15, 0.2) is 42.5 Å². The molecule has 0 saturated carbocycles. The summed E-state index contributed by atoms with van der Waals surface area (Å²) in [4.78, 5) is 23.7. The number of amides is 1. The molecule has 1 amide bonds. The molecule has 0 aromatic heterocycles. The van der Waals surface area contributed by atoms with E-state index in [9.17, 15) is 19.1 Å². The topological polar surface area (TPSA) is 84.9 Å². The van der Waals surface area contributed by atoms with Gasteiger partial charge in [-0.15, -0.1) is 0 Å². The van der Waals surface area contributed by atoms with E-state index in [1.165, 1.54) is 38.5 Å². The number of ether oxygens (including phenoxy) is 2. The molecule has 6 nitrogen and oxygen atoms in total. The number of benzene rings is 2. The lowest BCUT2D eigenvalue weighted by Gasteiger charge is -2.15. The van der Waals surface area contributed by atoms with E-state index in [1.807, 2.05) is 0 Å². The van der Waals surface area contributed by atoms with E-state index in [1.54, 1.807) is 18.2 Å². The Balaban J connectivity index is 2.05. The predicted octanol–water partition coefficient (Wildman–Crippen LogP) is 2.37. The number of carboxylic acid groups (broad SMARTS) is 1. The van der Waals surface area contributed by atoms with Crippen molar-refractivity contribution in [3.05, 3.63) is 59.4 Å². The molecule has 0 fully saturated rings. The monoisotopic (exact) mass is 361 g/mol. The van der Waals surface area contributed by atoms with Crippen LogP contribution in [0.3, 0.4) is 0 Å². The largest absolute Gasteiger partial charge is 0.497 e. The number of carboxylic acids is 1. The highest BCUT2D eigenvalue weighted by Crippen LogP contribution is 2.24. The molecular weight excluding hydrogens is 341 g/mol. The molecule has 0 aliphatic carbocycles. The minimum atomic E-state index is -1.10. The second kappa shape index (κ2) is 8.84. The third-order valence-corrected chi connectivity index (χ3v) is 3.91. The summed E-state index contributed by atoms with van der Waals surface area (Å²) in [6, 6.07) is 10.3. The van der Waals surface area contributed by atoms with Crippen LogP contribution in [-0.4, -0.2) is 37.7 Å². The standard InChI is InChI=1S/C19H20FNO5/c1-25-15-7-8-17(26-2)13(9-15)10-18(22)21-11-16(19(23)24)12-3-5-14(20)6-4-12/h3-9,16H,10-11H2,1-2H3,(H,21,22)(H,23,24). The van der Waals surface area contributed by atoms with Crippen molar-refractivity contribution in [2.75, 3.05) is 20.8 Å². The van der Waals surface area contributed by atoms with Crippen molar-refractivity contribution in [1.82, 2.24) is 5.32 Å². The number of rotatable bonds is 8. The van der Waals surface area contributed by atoms with E-state index in [2.05, 4.69) is 5.32 Å². The van der Waals surface area contributed by atoms with Crippen LogP contribution in [0.25, 0.3) is 0 Å². The molecule has 0 saturated heterocycles. The van der Waals surface area contributed by atoms with Crippen LogP contribution < -0.4 is 14.8 Å². The van der Waals surface area contributed by atoms with Crippen molar-refractivity contribution in [2.45, 2.75) is 12.3 Å². The van der Waals surface area contributed by atoms with Gasteiger partial charge < -0.3 is 19.9 Å². The Hall–Kier alpha value is -3.09. The molecule has 1 atom stereocenters. The molecule has 2 aromatic carbocycles. The molecule has 1 unspecified atom stereocenters. The second-order valence-corrected chi connectivity index (χ2v) is 5.60. The van der Waals surface area contributed by atoms with Gasteiger partial charge in [0.25, 0.3) is 0 Å². The van der Waals surface area contributed by atoms with Crippen molar-refractivity contribution in [3.8, 4) is 11.5 Å². The molecule has 2 aromatic rings. The molecule has 0 aliphatic rings. The van der Waals surface area contributed by atoms with Crippen molar-refractivity contribution in [2.24, 2.45) is 0 Å². The summed E-state index contributed by atoms with van der Waals surface area (Å²) >= 11 is 0. The number of nitrogens with one attached hydrogen (secondary N) is 1. The van der Waals surface area contributed by atoms with Crippen LogP contribution in [-0.2, 0) is 16.0 Å². The maximum Gasteiger partial charge on any atom is 0.312 e. The number of aliphatic carboxylic acids is 1. The summed E-state index contributed by atoms with van der Waals surface area (Å²) in [5.41, 5.74) is 1.04. The summed E-state index contributed by atoms with van der Waals surface area (Å²) in [5.74, 6) is -1.75. The van der Waals surface area contributed by atoms with Gasteiger partial charge >= 0.3 is 5.97 Å². The zero-order valence-electron chi connectivity index (χ0n) is 14.5. The average Bonchev–Trinajstić information content (AvgIpc) is 2.63. The quantitative estimate of drug-likeness (QED) is 0.754. The van der Waals surface area contributed by atoms with Gasteiger partial charge in [-0.1, -0.05) is 12.1 Å². The van der Waals surface area contributed by atoms with Crippen molar-refractivity contribution >= 4 is 11.9 Å². The van der Waals surface area contributed by atoms with E-state index in [0.717, 1.165) is 0 Å². The first-order chi connectivity index (χ1) is 12.4. The average molecular weight is 361 g/mol. The third-order valence-electron chi connectivity index (χ3n) is 3.91. The molecular formula is C19H20FNO5. The fourth-order valence-corrected chi connectivity index (χ4v) is 2.51. The number of carbonyl (C=O) groups excluding carboxylic acids is 1. The first-order valence-corrected chi connectivity index (χ1v) is 7.90. The van der Waals surface area contributed by atoms with Crippen molar-refractivity contribution < 1.29 is 28.6 Å². The number of methoxy groups -OCH3 is 2. The van der Waals surface area contributed by atoms with Gasteiger partial charge in [0.2, 0.25) is 5.91 Å². The first kappa shape index (κ1) is 19.2. The highest BCUT2D eigenvalue weighted by atomic mass is 19.1. The fourth-order valence-electron chi connectivity index (χ4n) is 2.51.